The first-order valence-corrected chi connectivity index (χ1v) is 7.62. The van der Waals surface area contributed by atoms with Gasteiger partial charge in [-0.05, 0) is 42.5 Å². The lowest BCUT2D eigenvalue weighted by molar-refractivity contribution is 0.596. The van der Waals surface area contributed by atoms with Gasteiger partial charge in [0.15, 0.2) is 0 Å². The second-order valence-electron chi connectivity index (χ2n) is 3.64. The standard InChI is InChI=1S/C12H9BrClNO2S/c13-8-1-3-9(4-2-8)18(16,17)10-5-6-12(15)11(14)7-10/h1-7H,15H2. The summed E-state index contributed by atoms with van der Waals surface area (Å²) in [4.78, 5) is 0.343. The van der Waals surface area contributed by atoms with Crippen LogP contribution in [0, 0.1) is 0 Å². The lowest BCUT2D eigenvalue weighted by Gasteiger charge is -2.06. The molecule has 0 aliphatic heterocycles. The van der Waals surface area contributed by atoms with Crippen LogP contribution in [0.25, 0.3) is 0 Å². The van der Waals surface area contributed by atoms with Crippen LogP contribution in [0.4, 0.5) is 5.69 Å². The highest BCUT2D eigenvalue weighted by Crippen LogP contribution is 2.27. The van der Waals surface area contributed by atoms with E-state index in [-0.39, 0.29) is 14.8 Å². The van der Waals surface area contributed by atoms with Crippen molar-refractivity contribution < 1.29 is 8.42 Å². The van der Waals surface area contributed by atoms with Crippen molar-refractivity contribution >= 4 is 43.1 Å². The SMILES string of the molecule is Nc1ccc(S(=O)(=O)c2ccc(Br)cc2)cc1Cl. The zero-order valence-corrected chi connectivity index (χ0v) is 12.3. The highest BCUT2D eigenvalue weighted by molar-refractivity contribution is 9.10. The Hall–Kier alpha value is -1.04. The lowest BCUT2D eigenvalue weighted by atomic mass is 10.3. The van der Waals surface area contributed by atoms with Gasteiger partial charge in [0.2, 0.25) is 9.84 Å². The van der Waals surface area contributed by atoms with Crippen LogP contribution >= 0.6 is 27.5 Å². The van der Waals surface area contributed by atoms with Gasteiger partial charge in [0.1, 0.15) is 0 Å². The number of rotatable bonds is 2. The molecule has 3 nitrogen and oxygen atoms in total. The minimum atomic E-state index is -3.56. The summed E-state index contributed by atoms with van der Waals surface area (Å²) in [6.45, 7) is 0. The van der Waals surface area contributed by atoms with E-state index in [1.54, 1.807) is 12.1 Å². The molecule has 2 rings (SSSR count). The number of nitrogen functional groups attached to an aromatic ring is 1. The fourth-order valence-electron chi connectivity index (χ4n) is 1.42. The first-order valence-electron chi connectivity index (χ1n) is 4.97. The lowest BCUT2D eigenvalue weighted by Crippen LogP contribution is -2.02. The van der Waals surface area contributed by atoms with Gasteiger partial charge in [-0.1, -0.05) is 27.5 Å². The summed E-state index contributed by atoms with van der Waals surface area (Å²) >= 11 is 9.09. The third kappa shape index (κ3) is 2.53. The molecule has 0 unspecified atom stereocenters. The summed E-state index contributed by atoms with van der Waals surface area (Å²) in [5.74, 6) is 0. The largest absolute Gasteiger partial charge is 0.398 e. The average molecular weight is 347 g/mol. The molecule has 0 amide bonds. The predicted molar refractivity (Wildman–Crippen MR) is 75.5 cm³/mol. The van der Waals surface area contributed by atoms with Crippen molar-refractivity contribution in [3.63, 3.8) is 0 Å². The molecule has 0 bridgehead atoms. The maximum Gasteiger partial charge on any atom is 0.206 e. The highest BCUT2D eigenvalue weighted by Gasteiger charge is 2.18. The van der Waals surface area contributed by atoms with Gasteiger partial charge in [-0.15, -0.1) is 0 Å². The van der Waals surface area contributed by atoms with Gasteiger partial charge in [-0.3, -0.25) is 0 Å². The molecule has 0 heterocycles. The van der Waals surface area contributed by atoms with Gasteiger partial charge in [-0.2, -0.15) is 0 Å². The fraction of sp³-hybridized carbons (Fsp3) is 0. The topological polar surface area (TPSA) is 60.2 Å². The second kappa shape index (κ2) is 4.91. The van der Waals surface area contributed by atoms with E-state index >= 15 is 0 Å². The molecule has 0 radical (unpaired) electrons. The van der Waals surface area contributed by atoms with Crippen LogP contribution in [0.1, 0.15) is 0 Å². The number of hydrogen-bond acceptors (Lipinski definition) is 3. The predicted octanol–water partition coefficient (Wildman–Crippen LogP) is 3.52. The monoisotopic (exact) mass is 345 g/mol. The zero-order chi connectivity index (χ0) is 13.3. The average Bonchev–Trinajstić information content (AvgIpc) is 2.33. The van der Waals surface area contributed by atoms with E-state index in [1.807, 2.05) is 0 Å². The molecule has 0 saturated carbocycles. The van der Waals surface area contributed by atoms with Crippen molar-refractivity contribution in [2.45, 2.75) is 9.79 Å². The van der Waals surface area contributed by atoms with E-state index < -0.39 is 9.84 Å². The molecule has 6 heteroatoms. The first-order chi connectivity index (χ1) is 8.41. The maximum atomic E-state index is 12.3. The summed E-state index contributed by atoms with van der Waals surface area (Å²) in [5.41, 5.74) is 5.91. The summed E-state index contributed by atoms with van der Waals surface area (Å²) < 4.78 is 25.4. The van der Waals surface area contributed by atoms with Gasteiger partial charge in [-0.25, -0.2) is 8.42 Å². The molecular weight excluding hydrogens is 338 g/mol. The van der Waals surface area contributed by atoms with Crippen LogP contribution in [-0.4, -0.2) is 8.42 Å². The molecule has 0 aromatic heterocycles. The van der Waals surface area contributed by atoms with Gasteiger partial charge in [0.05, 0.1) is 20.5 Å². The first kappa shape index (κ1) is 13.4. The van der Waals surface area contributed by atoms with Crippen LogP contribution in [0.2, 0.25) is 5.02 Å². The highest BCUT2D eigenvalue weighted by atomic mass is 79.9. The van der Waals surface area contributed by atoms with Crippen LogP contribution < -0.4 is 5.73 Å². The molecule has 0 fully saturated rings. The van der Waals surface area contributed by atoms with Crippen molar-refractivity contribution in [2.75, 3.05) is 5.73 Å². The smallest absolute Gasteiger partial charge is 0.206 e. The third-order valence-electron chi connectivity index (χ3n) is 2.41. The number of nitrogens with two attached hydrogens (primary N) is 1. The van der Waals surface area contributed by atoms with E-state index in [0.717, 1.165) is 4.47 Å². The van der Waals surface area contributed by atoms with Crippen molar-refractivity contribution in [1.29, 1.82) is 0 Å². The Morgan fingerprint density at radius 3 is 2.11 bits per heavy atom. The zero-order valence-electron chi connectivity index (χ0n) is 9.10. The van der Waals surface area contributed by atoms with Crippen molar-refractivity contribution in [3.8, 4) is 0 Å². The fourth-order valence-corrected chi connectivity index (χ4v) is 3.22. The Labute approximate surface area is 119 Å². The molecule has 2 aromatic rings. The van der Waals surface area contributed by atoms with E-state index in [9.17, 15) is 8.42 Å². The summed E-state index contributed by atoms with van der Waals surface area (Å²) in [6.07, 6.45) is 0. The van der Waals surface area contributed by atoms with Crippen LogP contribution in [0.15, 0.2) is 56.7 Å². The quantitative estimate of drug-likeness (QED) is 0.846. The number of sulfone groups is 1. The number of anilines is 1. The maximum absolute atomic E-state index is 12.3. The van der Waals surface area contributed by atoms with E-state index in [1.165, 1.54) is 30.3 Å². The van der Waals surface area contributed by atoms with Gasteiger partial charge in [0, 0.05) is 4.47 Å². The Bertz CT molecular complexity index is 684. The molecule has 0 atom stereocenters. The minimum absolute atomic E-state index is 0.129. The Morgan fingerprint density at radius 1 is 1.00 bits per heavy atom. The van der Waals surface area contributed by atoms with Gasteiger partial charge >= 0.3 is 0 Å². The number of benzene rings is 2. The molecule has 94 valence electrons. The molecule has 2 aromatic carbocycles. The molecule has 2 N–H and O–H groups in total. The summed E-state index contributed by atoms with van der Waals surface area (Å²) in [6, 6.07) is 10.7. The van der Waals surface area contributed by atoms with E-state index in [2.05, 4.69) is 15.9 Å². The number of hydrogen-bond donors (Lipinski definition) is 1. The van der Waals surface area contributed by atoms with Gasteiger partial charge < -0.3 is 5.73 Å². The minimum Gasteiger partial charge on any atom is -0.398 e. The van der Waals surface area contributed by atoms with E-state index in [4.69, 9.17) is 17.3 Å². The van der Waals surface area contributed by atoms with Crippen molar-refractivity contribution in [1.82, 2.24) is 0 Å². The van der Waals surface area contributed by atoms with E-state index in [0.29, 0.717) is 5.69 Å². The van der Waals surface area contributed by atoms with Crippen LogP contribution in [-0.2, 0) is 9.84 Å². The van der Waals surface area contributed by atoms with Crippen LogP contribution in [0.5, 0.6) is 0 Å². The Balaban J connectivity index is 2.54. The van der Waals surface area contributed by atoms with Crippen molar-refractivity contribution in [3.05, 3.63) is 52.0 Å². The van der Waals surface area contributed by atoms with Gasteiger partial charge in [0.25, 0.3) is 0 Å². The molecule has 0 saturated heterocycles. The number of halogens is 2. The molecule has 0 spiro atoms. The molecular formula is C12H9BrClNO2S. The Kier molecular flexibility index (Phi) is 3.66. The second-order valence-corrected chi connectivity index (χ2v) is 6.91. The molecule has 0 aliphatic rings. The van der Waals surface area contributed by atoms with Crippen molar-refractivity contribution in [2.24, 2.45) is 0 Å². The molecule has 18 heavy (non-hydrogen) atoms. The summed E-state index contributed by atoms with van der Waals surface area (Å²) in [7, 11) is -3.56. The van der Waals surface area contributed by atoms with Crippen LogP contribution in [0.3, 0.4) is 0 Å². The summed E-state index contributed by atoms with van der Waals surface area (Å²) in [5, 5.41) is 0.230. The third-order valence-corrected chi connectivity index (χ3v) is 5.03. The molecule has 0 aliphatic carbocycles. The Morgan fingerprint density at radius 2 is 1.56 bits per heavy atom. The normalized spacial score (nSPS) is 11.4.